The first-order chi connectivity index (χ1) is 5.31. The van der Waals surface area contributed by atoms with Crippen molar-refractivity contribution in [3.8, 4) is 0 Å². The topological polar surface area (TPSA) is 26.0 Å². The van der Waals surface area contributed by atoms with Gasteiger partial charge in [0.1, 0.15) is 0 Å². The Bertz CT molecular complexity index is 132. The van der Waals surface area contributed by atoms with E-state index < -0.39 is 0 Å². The van der Waals surface area contributed by atoms with E-state index >= 15 is 0 Å². The maximum Gasteiger partial charge on any atom is 0.0372 e. The molecule has 64 valence electrons. The van der Waals surface area contributed by atoms with E-state index in [1.165, 1.54) is 24.8 Å². The van der Waals surface area contributed by atoms with Gasteiger partial charge in [0.05, 0.1) is 0 Å². The minimum atomic E-state index is 1.13. The Morgan fingerprint density at radius 3 is 2.91 bits per heavy atom. The highest BCUT2D eigenvalue weighted by molar-refractivity contribution is 8.23. The van der Waals surface area contributed by atoms with Gasteiger partial charge in [0, 0.05) is 10.4 Å². The summed E-state index contributed by atoms with van der Waals surface area (Å²) >= 11 is 3.39. The highest BCUT2D eigenvalue weighted by atomic mass is 32.2. The Morgan fingerprint density at radius 2 is 2.36 bits per heavy atom. The summed E-state index contributed by atoms with van der Waals surface area (Å²) in [5, 5.41) is 1.85. The Labute approximate surface area is 77.5 Å². The van der Waals surface area contributed by atoms with Crippen molar-refractivity contribution in [2.75, 3.05) is 5.75 Å². The molecule has 0 radical (unpaired) electrons. The molecule has 0 aromatic rings. The molecule has 0 bridgehead atoms. The normalized spacial score (nSPS) is 10.6. The molecule has 0 aliphatic carbocycles. The molecule has 0 rings (SSSR count). The second-order valence-electron chi connectivity index (χ2n) is 2.02. The highest BCUT2D eigenvalue weighted by Gasteiger charge is 1.91. The fraction of sp³-hybridized carbons (Fsp3) is 0.500. The van der Waals surface area contributed by atoms with Crippen LogP contribution in [0.5, 0.6) is 0 Å². The Kier molecular flexibility index (Phi) is 8.07. The van der Waals surface area contributed by atoms with Crippen LogP contribution in [0.15, 0.2) is 22.4 Å². The van der Waals surface area contributed by atoms with Gasteiger partial charge < -0.3 is 5.73 Å². The monoisotopic (exact) mass is 189 g/mol. The lowest BCUT2D eigenvalue weighted by molar-refractivity contribution is 0.897. The van der Waals surface area contributed by atoms with Crippen LogP contribution in [0.1, 0.15) is 19.8 Å². The van der Waals surface area contributed by atoms with Crippen molar-refractivity contribution in [1.29, 1.82) is 0 Å². The summed E-state index contributed by atoms with van der Waals surface area (Å²) in [6.07, 6.45) is 4.05. The van der Waals surface area contributed by atoms with Gasteiger partial charge in [-0.1, -0.05) is 31.7 Å². The minimum absolute atomic E-state index is 1.13. The van der Waals surface area contributed by atoms with E-state index in [0.717, 1.165) is 4.24 Å². The molecule has 0 aromatic carbocycles. The maximum atomic E-state index is 5.18. The summed E-state index contributed by atoms with van der Waals surface area (Å²) in [5.74, 6) is 1.17. The number of hydrogen-bond donors (Lipinski definition) is 1. The van der Waals surface area contributed by atoms with E-state index in [-0.39, 0.29) is 0 Å². The molecular formula is C8H15NS2. The van der Waals surface area contributed by atoms with Crippen molar-refractivity contribution >= 4 is 23.5 Å². The quantitative estimate of drug-likeness (QED) is 0.650. The zero-order chi connectivity index (χ0) is 8.53. The molecule has 3 heteroatoms. The molecule has 0 aliphatic rings. The summed E-state index contributed by atoms with van der Waals surface area (Å²) in [6.45, 7) is 6.07. The minimum Gasteiger partial charge on any atom is -0.404 e. The summed E-state index contributed by atoms with van der Waals surface area (Å²) in [7, 11) is 0. The van der Waals surface area contributed by atoms with Crippen LogP contribution in [0.25, 0.3) is 0 Å². The van der Waals surface area contributed by atoms with Crippen molar-refractivity contribution in [1.82, 2.24) is 0 Å². The molecule has 0 amide bonds. The third kappa shape index (κ3) is 7.88. The molecule has 1 nitrogen and oxygen atoms in total. The van der Waals surface area contributed by atoms with Gasteiger partial charge in [0.25, 0.3) is 0 Å². The third-order valence-electron chi connectivity index (χ3n) is 1.04. The zero-order valence-electron chi connectivity index (χ0n) is 6.88. The largest absolute Gasteiger partial charge is 0.404 e. The third-order valence-corrected chi connectivity index (χ3v) is 3.05. The summed E-state index contributed by atoms with van der Waals surface area (Å²) < 4.78 is 1.13. The molecule has 0 aromatic heterocycles. The first-order valence-electron chi connectivity index (χ1n) is 3.66. The second-order valence-corrected chi connectivity index (χ2v) is 4.47. The van der Waals surface area contributed by atoms with Crippen LogP contribution in [0.4, 0.5) is 0 Å². The van der Waals surface area contributed by atoms with E-state index in [1.54, 1.807) is 23.5 Å². The molecule has 0 fully saturated rings. The first kappa shape index (κ1) is 11.0. The van der Waals surface area contributed by atoms with Gasteiger partial charge in [0.15, 0.2) is 0 Å². The zero-order valence-corrected chi connectivity index (χ0v) is 8.51. The Hall–Kier alpha value is -0.0200. The lowest BCUT2D eigenvalue weighted by Crippen LogP contribution is -1.76. The van der Waals surface area contributed by atoms with Crippen molar-refractivity contribution in [2.45, 2.75) is 19.8 Å². The summed E-state index contributed by atoms with van der Waals surface area (Å²) in [5.41, 5.74) is 5.18. The average Bonchev–Trinajstić information content (AvgIpc) is 2.01. The Balaban J connectivity index is 3.23. The van der Waals surface area contributed by atoms with Crippen LogP contribution in [-0.4, -0.2) is 5.75 Å². The molecule has 0 heterocycles. The molecule has 0 spiro atoms. The molecule has 0 atom stereocenters. The smallest absolute Gasteiger partial charge is 0.0372 e. The lowest BCUT2D eigenvalue weighted by atomic mass is 10.4. The van der Waals surface area contributed by atoms with Gasteiger partial charge in [-0.3, -0.25) is 0 Å². The van der Waals surface area contributed by atoms with Gasteiger partial charge in [0.2, 0.25) is 0 Å². The molecule has 0 aliphatic heterocycles. The fourth-order valence-corrected chi connectivity index (χ4v) is 2.06. The number of nitrogens with two attached hydrogens (primary N) is 1. The number of rotatable bonds is 6. The lowest BCUT2D eigenvalue weighted by Gasteiger charge is -1.99. The summed E-state index contributed by atoms with van der Waals surface area (Å²) in [6, 6.07) is 0. The number of unbranched alkanes of at least 4 members (excludes halogenated alkanes) is 1. The number of thioether (sulfide) groups is 2. The second kappa shape index (κ2) is 8.08. The highest BCUT2D eigenvalue weighted by Crippen LogP contribution is 2.27. The fourth-order valence-electron chi connectivity index (χ4n) is 0.480. The molecule has 0 saturated carbocycles. The van der Waals surface area contributed by atoms with Crippen LogP contribution in [0, 0.1) is 0 Å². The van der Waals surface area contributed by atoms with Gasteiger partial charge in [-0.15, -0.1) is 11.8 Å². The van der Waals surface area contributed by atoms with Gasteiger partial charge >= 0.3 is 0 Å². The van der Waals surface area contributed by atoms with E-state index in [1.807, 2.05) is 5.41 Å². The van der Waals surface area contributed by atoms with Gasteiger partial charge in [-0.2, -0.15) is 0 Å². The molecule has 11 heavy (non-hydrogen) atoms. The molecular weight excluding hydrogens is 174 g/mol. The van der Waals surface area contributed by atoms with E-state index in [9.17, 15) is 0 Å². The molecule has 2 N–H and O–H groups in total. The maximum absolute atomic E-state index is 5.18. The van der Waals surface area contributed by atoms with Gasteiger partial charge in [-0.05, 0) is 17.6 Å². The summed E-state index contributed by atoms with van der Waals surface area (Å²) in [4.78, 5) is 0. The standard InChI is InChI=1S/C8H15NS2/c1-3-4-6-10-8(2)11-7-5-9/h5,7H,2-4,6,9H2,1H3/b7-5-. The van der Waals surface area contributed by atoms with E-state index in [0.29, 0.717) is 0 Å². The van der Waals surface area contributed by atoms with E-state index in [2.05, 4.69) is 13.5 Å². The van der Waals surface area contributed by atoms with Crippen molar-refractivity contribution < 1.29 is 0 Å². The SMILES string of the molecule is C=C(S/C=C\N)SCCCC. The first-order valence-corrected chi connectivity index (χ1v) is 5.53. The predicted octanol–water partition coefficient (Wildman–Crippen LogP) is 3.15. The number of hydrogen-bond acceptors (Lipinski definition) is 3. The van der Waals surface area contributed by atoms with Crippen molar-refractivity contribution in [3.63, 3.8) is 0 Å². The van der Waals surface area contributed by atoms with Gasteiger partial charge in [-0.25, -0.2) is 0 Å². The van der Waals surface area contributed by atoms with E-state index in [4.69, 9.17) is 5.73 Å². The predicted molar refractivity (Wildman–Crippen MR) is 57.4 cm³/mol. The Morgan fingerprint density at radius 1 is 1.64 bits per heavy atom. The van der Waals surface area contributed by atoms with Crippen LogP contribution in [0.3, 0.4) is 0 Å². The van der Waals surface area contributed by atoms with Crippen LogP contribution in [-0.2, 0) is 0 Å². The van der Waals surface area contributed by atoms with Crippen LogP contribution >= 0.6 is 23.5 Å². The molecule has 0 unspecified atom stereocenters. The molecule has 0 saturated heterocycles. The van der Waals surface area contributed by atoms with Crippen molar-refractivity contribution in [3.05, 3.63) is 22.4 Å². The van der Waals surface area contributed by atoms with Crippen molar-refractivity contribution in [2.24, 2.45) is 5.73 Å². The van der Waals surface area contributed by atoms with Crippen LogP contribution in [0.2, 0.25) is 0 Å². The average molecular weight is 189 g/mol. The van der Waals surface area contributed by atoms with Crippen LogP contribution < -0.4 is 5.73 Å².